The number of amidine groups is 1. The number of halogens is 3. The number of aliphatic imine (C=N–C) groups is 2. The lowest BCUT2D eigenvalue weighted by molar-refractivity contribution is 0.0636. The normalized spacial score (nSPS) is 19.0. The van der Waals surface area contributed by atoms with E-state index in [1.807, 2.05) is 4.57 Å². The van der Waals surface area contributed by atoms with Crippen LogP contribution in [0.2, 0.25) is 0 Å². The summed E-state index contributed by atoms with van der Waals surface area (Å²) in [6.07, 6.45) is 0. The summed E-state index contributed by atoms with van der Waals surface area (Å²) < 4.78 is 42.0. The second-order valence-electron chi connectivity index (χ2n) is 6.38. The molecule has 1 atom stereocenters. The number of hydrogen-bond acceptors (Lipinski definition) is 5. The van der Waals surface area contributed by atoms with Crippen molar-refractivity contribution in [2.75, 3.05) is 13.1 Å². The average Bonchev–Trinajstić information content (AvgIpc) is 3.25. The van der Waals surface area contributed by atoms with Crippen molar-refractivity contribution in [1.82, 2.24) is 19.7 Å². The van der Waals surface area contributed by atoms with E-state index in [0.717, 1.165) is 0 Å². The van der Waals surface area contributed by atoms with Gasteiger partial charge < -0.3 is 9.47 Å². The van der Waals surface area contributed by atoms with E-state index >= 15 is 0 Å². The van der Waals surface area contributed by atoms with Gasteiger partial charge >= 0.3 is 0 Å². The van der Waals surface area contributed by atoms with E-state index in [4.69, 9.17) is 0 Å². The van der Waals surface area contributed by atoms with Crippen molar-refractivity contribution < 1.29 is 18.0 Å². The van der Waals surface area contributed by atoms with Crippen molar-refractivity contribution in [2.45, 2.75) is 26.4 Å². The topological polar surface area (TPSA) is 75.7 Å². The van der Waals surface area contributed by atoms with Crippen LogP contribution in [0.25, 0.3) is 0 Å². The molecule has 0 spiro atoms. The largest absolute Gasteiger partial charge is 0.327 e. The SMILES string of the molecule is CC1=NCC(c2nnc3n2CCN(C(=O)c2cc(F)c(F)c(F)c2)C3C)=N1. The van der Waals surface area contributed by atoms with Gasteiger partial charge in [-0.3, -0.25) is 9.79 Å². The number of carbonyl (C=O) groups is 1. The molecule has 0 saturated heterocycles. The average molecular weight is 376 g/mol. The van der Waals surface area contributed by atoms with Gasteiger partial charge in [0.05, 0.1) is 12.6 Å². The van der Waals surface area contributed by atoms with Crippen LogP contribution in [0.4, 0.5) is 13.2 Å². The van der Waals surface area contributed by atoms with Crippen molar-refractivity contribution in [2.24, 2.45) is 9.98 Å². The Bertz CT molecular complexity index is 989. The highest BCUT2D eigenvalue weighted by Gasteiger charge is 2.33. The molecular weight excluding hydrogens is 361 g/mol. The molecule has 0 aliphatic carbocycles. The first kappa shape index (κ1) is 17.4. The van der Waals surface area contributed by atoms with Crippen molar-refractivity contribution in [3.8, 4) is 0 Å². The van der Waals surface area contributed by atoms with Gasteiger partial charge in [0.25, 0.3) is 5.91 Å². The van der Waals surface area contributed by atoms with Gasteiger partial charge in [0, 0.05) is 18.7 Å². The molecule has 1 amide bonds. The third-order valence-electron chi connectivity index (χ3n) is 4.69. The highest BCUT2D eigenvalue weighted by molar-refractivity contribution is 6.10. The monoisotopic (exact) mass is 376 g/mol. The smallest absolute Gasteiger partial charge is 0.254 e. The van der Waals surface area contributed by atoms with Crippen molar-refractivity contribution in [3.63, 3.8) is 0 Å². The summed E-state index contributed by atoms with van der Waals surface area (Å²) >= 11 is 0. The number of aromatic nitrogens is 3. The Balaban J connectivity index is 1.63. The predicted octanol–water partition coefficient (Wildman–Crippen LogP) is 2.13. The lowest BCUT2D eigenvalue weighted by Crippen LogP contribution is -2.42. The van der Waals surface area contributed by atoms with Crippen molar-refractivity contribution in [1.29, 1.82) is 0 Å². The summed E-state index contributed by atoms with van der Waals surface area (Å²) in [7, 11) is 0. The maximum Gasteiger partial charge on any atom is 0.254 e. The van der Waals surface area contributed by atoms with Crippen LogP contribution in [0.15, 0.2) is 22.1 Å². The third-order valence-corrected chi connectivity index (χ3v) is 4.69. The zero-order valence-corrected chi connectivity index (χ0v) is 14.6. The summed E-state index contributed by atoms with van der Waals surface area (Å²) in [5.74, 6) is -3.19. The minimum atomic E-state index is -1.60. The lowest BCUT2D eigenvalue weighted by atomic mass is 10.1. The zero-order chi connectivity index (χ0) is 19.3. The quantitative estimate of drug-likeness (QED) is 0.754. The number of carbonyl (C=O) groups excluding carboxylic acids is 1. The fraction of sp³-hybridized carbons (Fsp3) is 0.353. The number of rotatable bonds is 2. The summed E-state index contributed by atoms with van der Waals surface area (Å²) in [5.41, 5.74) is 0.455. The fourth-order valence-corrected chi connectivity index (χ4v) is 3.30. The van der Waals surface area contributed by atoms with E-state index in [9.17, 15) is 18.0 Å². The first-order valence-electron chi connectivity index (χ1n) is 8.34. The van der Waals surface area contributed by atoms with E-state index in [-0.39, 0.29) is 12.1 Å². The Morgan fingerprint density at radius 2 is 1.85 bits per heavy atom. The van der Waals surface area contributed by atoms with E-state index in [1.165, 1.54) is 4.90 Å². The van der Waals surface area contributed by atoms with Crippen molar-refractivity contribution in [3.05, 3.63) is 46.8 Å². The zero-order valence-electron chi connectivity index (χ0n) is 14.6. The molecule has 0 radical (unpaired) electrons. The number of amides is 1. The Hall–Kier alpha value is -3.04. The van der Waals surface area contributed by atoms with Crippen LogP contribution in [-0.2, 0) is 6.54 Å². The molecule has 27 heavy (non-hydrogen) atoms. The Morgan fingerprint density at radius 1 is 1.15 bits per heavy atom. The van der Waals surface area contributed by atoms with Crippen LogP contribution >= 0.6 is 0 Å². The van der Waals surface area contributed by atoms with E-state index in [0.29, 0.717) is 48.4 Å². The minimum Gasteiger partial charge on any atom is -0.327 e. The van der Waals surface area contributed by atoms with Crippen LogP contribution in [-0.4, -0.2) is 50.2 Å². The van der Waals surface area contributed by atoms with Crippen LogP contribution in [0.5, 0.6) is 0 Å². The first-order valence-corrected chi connectivity index (χ1v) is 8.34. The van der Waals surface area contributed by atoms with Crippen LogP contribution in [0, 0.1) is 17.5 Å². The molecule has 0 fully saturated rings. The molecule has 2 aliphatic rings. The van der Waals surface area contributed by atoms with Gasteiger partial charge in [-0.1, -0.05) is 0 Å². The Kier molecular flexibility index (Phi) is 4.05. The van der Waals surface area contributed by atoms with Crippen LogP contribution in [0.1, 0.15) is 41.9 Å². The van der Waals surface area contributed by atoms with E-state index in [2.05, 4.69) is 20.2 Å². The second kappa shape index (κ2) is 6.29. The summed E-state index contributed by atoms with van der Waals surface area (Å²) in [6, 6.07) is 0.921. The highest BCUT2D eigenvalue weighted by Crippen LogP contribution is 2.27. The molecule has 0 saturated carbocycles. The molecule has 1 unspecified atom stereocenters. The molecule has 7 nitrogen and oxygen atoms in total. The minimum absolute atomic E-state index is 0.254. The Morgan fingerprint density at radius 3 is 2.48 bits per heavy atom. The standard InChI is InChI=1S/C17H15F3N6O/c1-8-15-23-24-16(13-7-21-9(2)22-13)26(15)4-3-25(8)17(27)10-5-11(18)14(20)12(19)6-10/h5-6,8H,3-4,7H2,1-2H3. The summed E-state index contributed by atoms with van der Waals surface area (Å²) in [5, 5.41) is 8.33. The van der Waals surface area contributed by atoms with Gasteiger partial charge in [-0.25, -0.2) is 18.2 Å². The fourth-order valence-electron chi connectivity index (χ4n) is 3.30. The molecule has 4 rings (SSSR count). The number of benzene rings is 1. The molecule has 2 aliphatic heterocycles. The van der Waals surface area contributed by atoms with Crippen molar-refractivity contribution >= 4 is 17.5 Å². The summed E-state index contributed by atoms with van der Waals surface area (Å²) in [6.45, 7) is 4.65. The third kappa shape index (κ3) is 2.81. The maximum atomic E-state index is 13.5. The van der Waals surface area contributed by atoms with Gasteiger partial charge in [0.2, 0.25) is 0 Å². The van der Waals surface area contributed by atoms with Gasteiger partial charge in [-0.05, 0) is 26.0 Å². The Labute approximate surface area is 152 Å². The number of fused-ring (bicyclic) bond motifs is 1. The maximum absolute atomic E-state index is 13.5. The van der Waals surface area contributed by atoms with Crippen LogP contribution < -0.4 is 0 Å². The first-order chi connectivity index (χ1) is 12.9. The van der Waals surface area contributed by atoms with Gasteiger partial charge in [-0.15, -0.1) is 10.2 Å². The molecule has 2 aromatic rings. The van der Waals surface area contributed by atoms with Gasteiger partial charge in [0.1, 0.15) is 11.5 Å². The predicted molar refractivity (Wildman–Crippen MR) is 90.3 cm³/mol. The van der Waals surface area contributed by atoms with Gasteiger partial charge in [-0.2, -0.15) is 0 Å². The number of nitrogens with zero attached hydrogens (tertiary/aromatic N) is 6. The van der Waals surface area contributed by atoms with E-state index < -0.39 is 29.4 Å². The van der Waals surface area contributed by atoms with E-state index in [1.54, 1.807) is 13.8 Å². The molecule has 1 aromatic carbocycles. The van der Waals surface area contributed by atoms with Crippen LogP contribution in [0.3, 0.4) is 0 Å². The summed E-state index contributed by atoms with van der Waals surface area (Å²) in [4.78, 5) is 22.7. The molecular formula is C17H15F3N6O. The molecule has 0 bridgehead atoms. The second-order valence-corrected chi connectivity index (χ2v) is 6.38. The molecule has 1 aromatic heterocycles. The molecule has 10 heteroatoms. The van der Waals surface area contributed by atoms with Gasteiger partial charge in [0.15, 0.2) is 29.1 Å². The lowest BCUT2D eigenvalue weighted by Gasteiger charge is -2.33. The highest BCUT2D eigenvalue weighted by atomic mass is 19.2. The number of hydrogen-bond donors (Lipinski definition) is 0. The molecule has 140 valence electrons. The molecule has 0 N–H and O–H groups in total. The molecule has 3 heterocycles.